The van der Waals surface area contributed by atoms with Crippen molar-refractivity contribution in [3.05, 3.63) is 12.0 Å². The second-order valence-corrected chi connectivity index (χ2v) is 1.72. The molecule has 0 saturated heterocycles. The van der Waals surface area contributed by atoms with Crippen LogP contribution in [-0.4, -0.2) is 18.0 Å². The quantitative estimate of drug-likeness (QED) is 0.562. The van der Waals surface area contributed by atoms with Crippen molar-refractivity contribution in [2.24, 2.45) is 0 Å². The van der Waals surface area contributed by atoms with Crippen molar-refractivity contribution in [2.45, 2.75) is 13.8 Å². The average molecular weight is 153 g/mol. The summed E-state index contributed by atoms with van der Waals surface area (Å²) in [7, 11) is 0. The average Bonchev–Trinajstić information content (AvgIpc) is 1.90. The van der Waals surface area contributed by atoms with Crippen molar-refractivity contribution in [3.63, 3.8) is 0 Å². The molecule has 0 aliphatic rings. The van der Waals surface area contributed by atoms with Crippen LogP contribution in [0.25, 0.3) is 0 Å². The summed E-state index contributed by atoms with van der Waals surface area (Å²) < 4.78 is 35.3. The lowest BCUT2D eigenvalue weighted by molar-refractivity contribution is 0.244. The van der Waals surface area contributed by atoms with E-state index in [9.17, 15) is 13.2 Å². The summed E-state index contributed by atoms with van der Waals surface area (Å²) >= 11 is 0. The Hall–Kier alpha value is -0.670. The minimum absolute atomic E-state index is 0.264. The van der Waals surface area contributed by atoms with E-state index in [1.807, 2.05) is 0 Å². The predicted octanol–water partition coefficient (Wildman–Crippen LogP) is 2.36. The minimum Gasteiger partial charge on any atom is -0.345 e. The van der Waals surface area contributed by atoms with Gasteiger partial charge in [0.25, 0.3) is 5.95 Å². The molecule has 0 saturated carbocycles. The molecule has 0 fully saturated rings. The molecule has 0 aromatic heterocycles. The zero-order valence-corrected chi connectivity index (χ0v) is 6.00. The highest BCUT2D eigenvalue weighted by Crippen LogP contribution is 2.13. The topological polar surface area (TPSA) is 3.24 Å². The van der Waals surface area contributed by atoms with Crippen LogP contribution in [0, 0.1) is 0 Å². The third-order valence-corrected chi connectivity index (χ3v) is 1.20. The van der Waals surface area contributed by atoms with Gasteiger partial charge < -0.3 is 4.90 Å². The van der Waals surface area contributed by atoms with Crippen molar-refractivity contribution < 1.29 is 13.2 Å². The molecule has 10 heavy (non-hydrogen) atoms. The van der Waals surface area contributed by atoms with Crippen LogP contribution in [0.4, 0.5) is 13.2 Å². The van der Waals surface area contributed by atoms with Gasteiger partial charge in [-0.15, -0.1) is 0 Å². The molecule has 0 atom stereocenters. The summed E-state index contributed by atoms with van der Waals surface area (Å²) in [6, 6.07) is 0. The van der Waals surface area contributed by atoms with Crippen LogP contribution in [0.3, 0.4) is 0 Å². The Bertz CT molecular complexity index is 125. The second kappa shape index (κ2) is 4.19. The monoisotopic (exact) mass is 153 g/mol. The maximum atomic E-state index is 12.2. The van der Waals surface area contributed by atoms with Gasteiger partial charge in [0, 0.05) is 13.1 Å². The molecule has 0 amide bonds. The second-order valence-electron chi connectivity index (χ2n) is 1.72. The fourth-order valence-electron chi connectivity index (χ4n) is 0.621. The Labute approximate surface area is 58.1 Å². The maximum Gasteiger partial charge on any atom is 0.322 e. The molecule has 4 heteroatoms. The van der Waals surface area contributed by atoms with E-state index in [0.29, 0.717) is 0 Å². The van der Waals surface area contributed by atoms with Crippen LogP contribution in [0.15, 0.2) is 12.0 Å². The van der Waals surface area contributed by atoms with Crippen LogP contribution >= 0.6 is 0 Å². The Morgan fingerprint density at radius 3 is 1.60 bits per heavy atom. The fraction of sp³-hybridized carbons (Fsp3) is 0.667. The highest BCUT2D eigenvalue weighted by atomic mass is 19.3. The first-order valence-corrected chi connectivity index (χ1v) is 3.09. The van der Waals surface area contributed by atoms with Gasteiger partial charge in [-0.3, -0.25) is 0 Å². The van der Waals surface area contributed by atoms with Gasteiger partial charge in [0.15, 0.2) is 0 Å². The number of rotatable bonds is 3. The smallest absolute Gasteiger partial charge is 0.322 e. The summed E-state index contributed by atoms with van der Waals surface area (Å²) in [5, 5.41) is 0. The Balaban J connectivity index is 4.15. The van der Waals surface area contributed by atoms with Gasteiger partial charge in [-0.2, -0.15) is 13.2 Å². The lowest BCUT2D eigenvalue weighted by Crippen LogP contribution is -2.20. The van der Waals surface area contributed by atoms with Gasteiger partial charge in [-0.25, -0.2) is 0 Å². The molecule has 0 N–H and O–H groups in total. The number of hydrogen-bond acceptors (Lipinski definition) is 1. The Morgan fingerprint density at radius 2 is 1.50 bits per heavy atom. The molecule has 0 aliphatic carbocycles. The third kappa shape index (κ3) is 2.29. The predicted molar refractivity (Wildman–Crippen MR) is 33.3 cm³/mol. The summed E-state index contributed by atoms with van der Waals surface area (Å²) in [5.41, 5.74) is 0. The molecule has 0 radical (unpaired) electrons. The van der Waals surface area contributed by atoms with Crippen LogP contribution in [-0.2, 0) is 0 Å². The van der Waals surface area contributed by atoms with Crippen molar-refractivity contribution in [1.29, 1.82) is 0 Å². The molecule has 0 aromatic rings. The van der Waals surface area contributed by atoms with Gasteiger partial charge in [0.2, 0.25) is 0 Å². The molecule has 0 heterocycles. The van der Waals surface area contributed by atoms with Gasteiger partial charge in [-0.1, -0.05) is 0 Å². The lowest BCUT2D eigenvalue weighted by atomic mass is 10.5. The molecule has 0 aliphatic heterocycles. The summed E-state index contributed by atoms with van der Waals surface area (Å²) in [6.07, 6.45) is -2.25. The van der Waals surface area contributed by atoms with Crippen molar-refractivity contribution >= 4 is 0 Å². The van der Waals surface area contributed by atoms with Crippen LogP contribution in [0.2, 0.25) is 0 Å². The molecule has 0 rings (SSSR count). The zero-order valence-electron chi connectivity index (χ0n) is 6.00. The molecule has 1 nitrogen and oxygen atoms in total. The third-order valence-electron chi connectivity index (χ3n) is 1.20. The van der Waals surface area contributed by atoms with E-state index >= 15 is 0 Å². The molecular weight excluding hydrogens is 143 g/mol. The normalized spacial score (nSPS) is 9.30. The van der Waals surface area contributed by atoms with Crippen LogP contribution < -0.4 is 0 Å². The molecular formula is C6H10F3N. The summed E-state index contributed by atoms with van der Waals surface area (Å²) in [5.74, 6) is -1.41. The Kier molecular flexibility index (Phi) is 3.91. The first-order valence-electron chi connectivity index (χ1n) is 3.09. The van der Waals surface area contributed by atoms with Crippen molar-refractivity contribution in [3.8, 4) is 0 Å². The first kappa shape index (κ1) is 9.33. The molecule has 0 aromatic carbocycles. The zero-order chi connectivity index (χ0) is 8.15. The highest BCUT2D eigenvalue weighted by molar-refractivity contribution is 4.90. The maximum absolute atomic E-state index is 12.2. The first-order chi connectivity index (χ1) is 4.63. The number of halogens is 3. The van der Waals surface area contributed by atoms with E-state index < -0.39 is 12.0 Å². The van der Waals surface area contributed by atoms with E-state index in [1.165, 1.54) is 0 Å². The van der Waals surface area contributed by atoms with E-state index in [4.69, 9.17) is 0 Å². The van der Waals surface area contributed by atoms with E-state index in [2.05, 4.69) is 0 Å². The molecule has 60 valence electrons. The highest BCUT2D eigenvalue weighted by Gasteiger charge is 2.10. The fourth-order valence-corrected chi connectivity index (χ4v) is 0.621. The SMILES string of the molecule is CCN(CC)C(F)=C(F)F. The van der Waals surface area contributed by atoms with Gasteiger partial charge in [0.05, 0.1) is 0 Å². The van der Waals surface area contributed by atoms with Crippen molar-refractivity contribution in [1.82, 2.24) is 4.90 Å². The summed E-state index contributed by atoms with van der Waals surface area (Å²) in [4.78, 5) is 0.954. The van der Waals surface area contributed by atoms with Crippen LogP contribution in [0.5, 0.6) is 0 Å². The number of hydrogen-bond donors (Lipinski definition) is 0. The standard InChI is InChI=1S/C6H10F3N/c1-3-10(4-2)6(9)5(7)8/h3-4H2,1-2H3. The van der Waals surface area contributed by atoms with E-state index in [0.717, 1.165) is 4.90 Å². The van der Waals surface area contributed by atoms with Crippen molar-refractivity contribution in [2.75, 3.05) is 13.1 Å². The van der Waals surface area contributed by atoms with E-state index in [-0.39, 0.29) is 13.1 Å². The minimum atomic E-state index is -2.25. The lowest BCUT2D eigenvalue weighted by Gasteiger charge is -2.16. The molecule has 0 unspecified atom stereocenters. The largest absolute Gasteiger partial charge is 0.345 e. The molecule has 0 spiro atoms. The van der Waals surface area contributed by atoms with E-state index in [1.54, 1.807) is 13.8 Å². The van der Waals surface area contributed by atoms with Crippen LogP contribution in [0.1, 0.15) is 13.8 Å². The van der Waals surface area contributed by atoms with Gasteiger partial charge in [-0.05, 0) is 13.8 Å². The van der Waals surface area contributed by atoms with Gasteiger partial charge >= 0.3 is 6.08 Å². The number of nitrogens with zero attached hydrogens (tertiary/aromatic N) is 1. The van der Waals surface area contributed by atoms with Gasteiger partial charge in [0.1, 0.15) is 0 Å². The molecule has 0 bridgehead atoms. The summed E-state index contributed by atoms with van der Waals surface area (Å²) in [6.45, 7) is 3.76. The Morgan fingerprint density at radius 1 is 1.10 bits per heavy atom.